The molecule has 0 heterocycles. The number of ether oxygens (including phenoxy) is 3. The molecular weight excluding hydrogens is 745 g/mol. The zero-order valence-corrected chi connectivity index (χ0v) is 37.9. The number of hydrogen-bond acceptors (Lipinski definition) is 6. The average Bonchev–Trinajstić information content (AvgIpc) is 3.24. The van der Waals surface area contributed by atoms with Crippen molar-refractivity contribution in [2.75, 3.05) is 13.2 Å². The van der Waals surface area contributed by atoms with Crippen molar-refractivity contribution in [2.45, 2.75) is 175 Å². The first-order chi connectivity index (χ1) is 29.5. The van der Waals surface area contributed by atoms with Gasteiger partial charge in [-0.15, -0.1) is 0 Å². The largest absolute Gasteiger partial charge is 0.462 e. The van der Waals surface area contributed by atoms with Gasteiger partial charge >= 0.3 is 17.9 Å². The van der Waals surface area contributed by atoms with Crippen molar-refractivity contribution in [1.82, 2.24) is 0 Å². The second-order valence-corrected chi connectivity index (χ2v) is 14.6. The zero-order valence-electron chi connectivity index (χ0n) is 37.9. The predicted molar refractivity (Wildman–Crippen MR) is 256 cm³/mol. The fourth-order valence-corrected chi connectivity index (χ4v) is 5.62. The Kier molecular flexibility index (Phi) is 43.7. The molecule has 0 N–H and O–H groups in total. The fourth-order valence-electron chi connectivity index (χ4n) is 5.62. The van der Waals surface area contributed by atoms with Crippen LogP contribution in [-0.2, 0) is 28.6 Å². The molecule has 0 radical (unpaired) electrons. The molecule has 0 aliphatic carbocycles. The third kappa shape index (κ3) is 44.6. The van der Waals surface area contributed by atoms with E-state index in [9.17, 15) is 14.4 Å². The lowest BCUT2D eigenvalue weighted by Gasteiger charge is -2.18. The summed E-state index contributed by atoms with van der Waals surface area (Å²) >= 11 is 0. The molecule has 0 aliphatic rings. The Labute approximate surface area is 366 Å². The van der Waals surface area contributed by atoms with Gasteiger partial charge in [0.05, 0.1) is 0 Å². The van der Waals surface area contributed by atoms with E-state index in [-0.39, 0.29) is 44.0 Å². The molecule has 0 fully saturated rings. The van der Waals surface area contributed by atoms with Gasteiger partial charge in [0, 0.05) is 19.3 Å². The molecule has 0 aromatic carbocycles. The summed E-state index contributed by atoms with van der Waals surface area (Å²) in [5.74, 6) is -1.05. The minimum Gasteiger partial charge on any atom is -0.462 e. The van der Waals surface area contributed by atoms with Gasteiger partial charge in [-0.1, -0.05) is 187 Å². The summed E-state index contributed by atoms with van der Waals surface area (Å²) in [6, 6.07) is 0. The Morgan fingerprint density at radius 1 is 0.350 bits per heavy atom. The van der Waals surface area contributed by atoms with E-state index in [1.807, 2.05) is 48.6 Å². The summed E-state index contributed by atoms with van der Waals surface area (Å²) in [5.41, 5.74) is 0. The van der Waals surface area contributed by atoms with Crippen molar-refractivity contribution in [3.8, 4) is 0 Å². The third-order valence-electron chi connectivity index (χ3n) is 9.01. The normalized spacial score (nSPS) is 13.3. The first-order valence-electron chi connectivity index (χ1n) is 23.3. The van der Waals surface area contributed by atoms with Gasteiger partial charge in [0.1, 0.15) is 13.2 Å². The number of carbonyl (C=O) groups excluding carboxylic acids is 3. The van der Waals surface area contributed by atoms with Gasteiger partial charge in [0.2, 0.25) is 0 Å². The molecule has 1 atom stereocenters. The Bertz CT molecular complexity index is 1370. The molecule has 0 aliphatic heterocycles. The maximum Gasteiger partial charge on any atom is 0.306 e. The summed E-state index contributed by atoms with van der Waals surface area (Å²) in [6.45, 7) is 6.13. The van der Waals surface area contributed by atoms with Crippen LogP contribution in [0.5, 0.6) is 0 Å². The Morgan fingerprint density at radius 3 is 1.22 bits per heavy atom. The molecule has 0 aromatic rings. The van der Waals surface area contributed by atoms with Crippen molar-refractivity contribution in [1.29, 1.82) is 0 Å². The molecule has 6 heteroatoms. The number of rotatable bonds is 39. The minimum absolute atomic E-state index is 0.124. The van der Waals surface area contributed by atoms with Crippen LogP contribution in [0.3, 0.4) is 0 Å². The molecule has 334 valence electrons. The van der Waals surface area contributed by atoms with E-state index in [0.29, 0.717) is 19.3 Å². The highest BCUT2D eigenvalue weighted by molar-refractivity contribution is 5.71. The summed E-state index contributed by atoms with van der Waals surface area (Å²) in [6.07, 6.45) is 65.8. The summed E-state index contributed by atoms with van der Waals surface area (Å²) in [4.78, 5) is 37.8. The molecule has 0 saturated heterocycles. The van der Waals surface area contributed by atoms with Crippen LogP contribution >= 0.6 is 0 Å². The van der Waals surface area contributed by atoms with E-state index in [1.54, 1.807) is 0 Å². The van der Waals surface area contributed by atoms with Crippen LogP contribution in [0.2, 0.25) is 0 Å². The number of allylic oxidation sites excluding steroid dienone is 22. The van der Waals surface area contributed by atoms with Gasteiger partial charge in [-0.25, -0.2) is 0 Å². The van der Waals surface area contributed by atoms with Crippen molar-refractivity contribution in [2.24, 2.45) is 0 Å². The number of unbranched alkanes of at least 4 members (excludes halogenated alkanes) is 10. The third-order valence-corrected chi connectivity index (χ3v) is 9.01. The van der Waals surface area contributed by atoms with E-state index in [0.717, 1.165) is 103 Å². The quantitative estimate of drug-likeness (QED) is 0.0202. The lowest BCUT2D eigenvalue weighted by atomic mass is 10.1. The van der Waals surface area contributed by atoms with E-state index < -0.39 is 6.10 Å². The van der Waals surface area contributed by atoms with Gasteiger partial charge in [-0.2, -0.15) is 0 Å². The lowest BCUT2D eigenvalue weighted by molar-refractivity contribution is -0.167. The van der Waals surface area contributed by atoms with Gasteiger partial charge in [-0.05, 0) is 96.3 Å². The summed E-state index contributed by atoms with van der Waals surface area (Å²) < 4.78 is 16.6. The molecule has 0 saturated carbocycles. The Hall–Kier alpha value is -4.45. The molecule has 0 aromatic heterocycles. The summed E-state index contributed by atoms with van der Waals surface area (Å²) in [7, 11) is 0. The molecule has 60 heavy (non-hydrogen) atoms. The van der Waals surface area contributed by atoms with Gasteiger partial charge in [-0.3, -0.25) is 14.4 Å². The van der Waals surface area contributed by atoms with Crippen LogP contribution in [0, 0.1) is 0 Å². The van der Waals surface area contributed by atoms with Gasteiger partial charge in [0.25, 0.3) is 0 Å². The smallest absolute Gasteiger partial charge is 0.306 e. The summed E-state index contributed by atoms with van der Waals surface area (Å²) in [5, 5.41) is 0. The average molecular weight is 827 g/mol. The maximum atomic E-state index is 12.7. The van der Waals surface area contributed by atoms with Crippen molar-refractivity contribution < 1.29 is 28.6 Å². The van der Waals surface area contributed by atoms with Crippen molar-refractivity contribution in [3.05, 3.63) is 134 Å². The zero-order chi connectivity index (χ0) is 43.7. The first kappa shape index (κ1) is 55.5. The van der Waals surface area contributed by atoms with Gasteiger partial charge < -0.3 is 14.2 Å². The number of carbonyl (C=O) groups is 3. The Balaban J connectivity index is 4.57. The minimum atomic E-state index is -0.829. The number of hydrogen-bond donors (Lipinski definition) is 0. The fraction of sp³-hybridized carbons (Fsp3) is 0.537. The van der Waals surface area contributed by atoms with Crippen LogP contribution in [0.4, 0.5) is 0 Å². The van der Waals surface area contributed by atoms with Crippen molar-refractivity contribution >= 4 is 17.9 Å². The molecule has 6 nitrogen and oxygen atoms in total. The maximum absolute atomic E-state index is 12.7. The standard InChI is InChI=1S/C54H82O6/c1-4-7-10-13-16-19-22-24-26-28-29-32-35-38-41-44-47-53(56)59-50-51(49-58-52(55)46-43-40-37-34-31-21-18-15-12-9-6-3)60-54(57)48-45-42-39-36-33-30-27-25-23-20-17-14-11-8-5-2/h7-12,14,16-21,23-27,30,33-34,37,51H,4-6,13,15,22,28-29,31-32,35-36,38-50H2,1-3H3/b10-7-,11-8-,12-9-,17-14-,19-16-,21-18-,23-20-,26-24-,27-25-,33-30-,37-34-. The molecule has 0 rings (SSSR count). The second-order valence-electron chi connectivity index (χ2n) is 14.6. The van der Waals surface area contributed by atoms with Crippen LogP contribution < -0.4 is 0 Å². The highest BCUT2D eigenvalue weighted by atomic mass is 16.6. The molecule has 1 unspecified atom stereocenters. The molecule has 0 amide bonds. The second kappa shape index (κ2) is 47.2. The number of esters is 3. The topological polar surface area (TPSA) is 78.9 Å². The molecule has 0 spiro atoms. The van der Waals surface area contributed by atoms with E-state index in [2.05, 4.69) is 106 Å². The Morgan fingerprint density at radius 2 is 0.700 bits per heavy atom. The van der Waals surface area contributed by atoms with E-state index >= 15 is 0 Å². The monoisotopic (exact) mass is 827 g/mol. The van der Waals surface area contributed by atoms with E-state index in [4.69, 9.17) is 14.2 Å². The van der Waals surface area contributed by atoms with Crippen LogP contribution in [-0.4, -0.2) is 37.2 Å². The predicted octanol–water partition coefficient (Wildman–Crippen LogP) is 15.1. The lowest BCUT2D eigenvalue weighted by Crippen LogP contribution is -2.30. The highest BCUT2D eigenvalue weighted by Gasteiger charge is 2.19. The van der Waals surface area contributed by atoms with Crippen LogP contribution in [0.1, 0.15) is 168 Å². The molecule has 0 bridgehead atoms. The van der Waals surface area contributed by atoms with Crippen LogP contribution in [0.15, 0.2) is 134 Å². The van der Waals surface area contributed by atoms with Crippen molar-refractivity contribution in [3.63, 3.8) is 0 Å². The first-order valence-corrected chi connectivity index (χ1v) is 23.3. The van der Waals surface area contributed by atoms with Crippen LogP contribution in [0.25, 0.3) is 0 Å². The molecular formula is C54H82O6. The highest BCUT2D eigenvalue weighted by Crippen LogP contribution is 2.12. The SMILES string of the molecule is CC\C=C/C=C\C=C/C=C\C=C/CCCCCC(=O)OC(COC(=O)CCC/C=C\C/C=C\C/C=C\CC)COC(=O)CCCCCCCC/C=C\C/C=C\C/C=C\CC. The van der Waals surface area contributed by atoms with Gasteiger partial charge in [0.15, 0.2) is 6.10 Å². The van der Waals surface area contributed by atoms with E-state index in [1.165, 1.54) is 12.8 Å².